The molecule has 0 heterocycles. The third kappa shape index (κ3) is 4.05. The number of carbonyl (C=O) groups excluding carboxylic acids is 1. The first-order valence-electron chi connectivity index (χ1n) is 6.71. The first-order chi connectivity index (χ1) is 11.3. The van der Waals surface area contributed by atoms with Crippen molar-refractivity contribution in [1.82, 2.24) is 4.90 Å². The molecule has 0 aromatic heterocycles. The van der Waals surface area contributed by atoms with E-state index in [-0.39, 0.29) is 12.1 Å². The van der Waals surface area contributed by atoms with Gasteiger partial charge in [-0.15, -0.1) is 0 Å². The smallest absolute Gasteiger partial charge is 0.277 e. The second-order valence-corrected chi connectivity index (χ2v) is 5.48. The van der Waals surface area contributed by atoms with Gasteiger partial charge in [0.1, 0.15) is 0 Å². The lowest BCUT2D eigenvalue weighted by atomic mass is 10.1. The third-order valence-electron chi connectivity index (χ3n) is 3.23. The standard InChI is InChI=1S/C15H12ClN3O5/c1-17(9-10-3-2-4-12(16)5-10)15(20)11-6-13(18(21)22)8-14(7-11)19(23)24/h2-8H,9H2,1H3. The minimum atomic E-state index is -0.777. The van der Waals surface area contributed by atoms with Crippen molar-refractivity contribution in [2.45, 2.75) is 6.54 Å². The van der Waals surface area contributed by atoms with Gasteiger partial charge in [-0.2, -0.15) is 0 Å². The molecular formula is C15H12ClN3O5. The molecule has 2 aromatic carbocycles. The molecule has 0 N–H and O–H groups in total. The molecule has 0 fully saturated rings. The summed E-state index contributed by atoms with van der Waals surface area (Å²) in [4.78, 5) is 34.0. The van der Waals surface area contributed by atoms with Gasteiger partial charge < -0.3 is 4.90 Å². The Morgan fingerprint density at radius 1 is 1.08 bits per heavy atom. The largest absolute Gasteiger partial charge is 0.337 e. The van der Waals surface area contributed by atoms with E-state index in [2.05, 4.69) is 0 Å². The fraction of sp³-hybridized carbons (Fsp3) is 0.133. The number of non-ortho nitro benzene ring substituents is 2. The van der Waals surface area contributed by atoms with E-state index in [1.165, 1.54) is 11.9 Å². The van der Waals surface area contributed by atoms with Gasteiger partial charge >= 0.3 is 0 Å². The molecule has 2 rings (SSSR count). The molecule has 0 saturated carbocycles. The van der Waals surface area contributed by atoms with Crippen molar-refractivity contribution in [2.24, 2.45) is 0 Å². The number of nitrogens with zero attached hydrogens (tertiary/aromatic N) is 3. The van der Waals surface area contributed by atoms with Crippen molar-refractivity contribution in [3.63, 3.8) is 0 Å². The normalized spacial score (nSPS) is 10.2. The summed E-state index contributed by atoms with van der Waals surface area (Å²) in [5, 5.41) is 22.3. The quantitative estimate of drug-likeness (QED) is 0.607. The van der Waals surface area contributed by atoms with E-state index in [0.717, 1.165) is 23.8 Å². The van der Waals surface area contributed by atoms with Crippen molar-refractivity contribution in [2.75, 3.05) is 7.05 Å². The average molecular weight is 350 g/mol. The van der Waals surface area contributed by atoms with Gasteiger partial charge in [-0.05, 0) is 17.7 Å². The molecule has 0 radical (unpaired) electrons. The van der Waals surface area contributed by atoms with Crippen LogP contribution >= 0.6 is 11.6 Å². The predicted molar refractivity (Wildman–Crippen MR) is 87.0 cm³/mol. The minimum absolute atomic E-state index is 0.125. The Labute approximate surface area is 141 Å². The van der Waals surface area contributed by atoms with Crippen LogP contribution in [0.3, 0.4) is 0 Å². The van der Waals surface area contributed by atoms with E-state index in [0.29, 0.717) is 5.02 Å². The molecule has 0 unspecified atom stereocenters. The molecule has 0 spiro atoms. The summed E-state index contributed by atoms with van der Waals surface area (Å²) < 4.78 is 0. The van der Waals surface area contributed by atoms with Gasteiger partial charge in [-0.25, -0.2) is 0 Å². The highest BCUT2D eigenvalue weighted by Gasteiger charge is 2.21. The second-order valence-electron chi connectivity index (χ2n) is 5.04. The van der Waals surface area contributed by atoms with Crippen molar-refractivity contribution in [3.05, 3.63) is 78.8 Å². The summed E-state index contributed by atoms with van der Waals surface area (Å²) in [5.41, 5.74) is -0.383. The molecule has 24 heavy (non-hydrogen) atoms. The lowest BCUT2D eigenvalue weighted by Gasteiger charge is -2.17. The Morgan fingerprint density at radius 3 is 2.17 bits per heavy atom. The number of rotatable bonds is 5. The maximum absolute atomic E-state index is 12.4. The van der Waals surface area contributed by atoms with Gasteiger partial charge in [-0.3, -0.25) is 25.0 Å². The Morgan fingerprint density at radius 2 is 1.67 bits per heavy atom. The van der Waals surface area contributed by atoms with Crippen LogP contribution in [0.1, 0.15) is 15.9 Å². The second kappa shape index (κ2) is 7.05. The fourth-order valence-corrected chi connectivity index (χ4v) is 2.34. The Balaban J connectivity index is 2.30. The molecule has 0 aliphatic heterocycles. The van der Waals surface area contributed by atoms with Crippen molar-refractivity contribution in [1.29, 1.82) is 0 Å². The number of nitro benzene ring substituents is 2. The van der Waals surface area contributed by atoms with Gasteiger partial charge in [-0.1, -0.05) is 23.7 Å². The van der Waals surface area contributed by atoms with Crippen LogP contribution in [0.2, 0.25) is 5.02 Å². The Bertz CT molecular complexity index is 792. The van der Waals surface area contributed by atoms with Gasteiger partial charge in [0.2, 0.25) is 0 Å². The molecular weight excluding hydrogens is 338 g/mol. The van der Waals surface area contributed by atoms with Crippen LogP contribution in [0, 0.1) is 20.2 Å². The van der Waals surface area contributed by atoms with Crippen LogP contribution in [0.5, 0.6) is 0 Å². The molecule has 1 amide bonds. The van der Waals surface area contributed by atoms with E-state index in [9.17, 15) is 25.0 Å². The lowest BCUT2D eigenvalue weighted by Crippen LogP contribution is -2.26. The number of benzene rings is 2. The molecule has 0 atom stereocenters. The minimum Gasteiger partial charge on any atom is -0.337 e. The van der Waals surface area contributed by atoms with Crippen LogP contribution in [0.25, 0.3) is 0 Å². The van der Waals surface area contributed by atoms with E-state index >= 15 is 0 Å². The fourth-order valence-electron chi connectivity index (χ4n) is 2.13. The zero-order chi connectivity index (χ0) is 17.9. The Hall–Kier alpha value is -3.00. The number of hydrogen-bond acceptors (Lipinski definition) is 5. The number of nitro groups is 2. The van der Waals surface area contributed by atoms with Gasteiger partial charge in [0.25, 0.3) is 17.3 Å². The number of amides is 1. The number of carbonyl (C=O) groups is 1. The molecule has 0 aliphatic carbocycles. The zero-order valence-corrected chi connectivity index (χ0v) is 13.3. The maximum Gasteiger partial charge on any atom is 0.277 e. The number of halogens is 1. The molecule has 2 aromatic rings. The van der Waals surface area contributed by atoms with Gasteiger partial charge in [0.15, 0.2) is 0 Å². The molecule has 124 valence electrons. The van der Waals surface area contributed by atoms with E-state index in [4.69, 9.17) is 11.6 Å². The van der Waals surface area contributed by atoms with Crippen molar-refractivity contribution < 1.29 is 14.6 Å². The summed E-state index contributed by atoms with van der Waals surface area (Å²) in [6.45, 7) is 0.204. The van der Waals surface area contributed by atoms with Crippen LogP contribution in [-0.2, 0) is 6.54 Å². The van der Waals surface area contributed by atoms with E-state index in [1.807, 2.05) is 0 Å². The van der Waals surface area contributed by atoms with Gasteiger partial charge in [0.05, 0.1) is 21.5 Å². The van der Waals surface area contributed by atoms with Crippen LogP contribution in [0.15, 0.2) is 42.5 Å². The highest BCUT2D eigenvalue weighted by molar-refractivity contribution is 6.30. The summed E-state index contributed by atoms with van der Waals surface area (Å²) >= 11 is 5.88. The molecule has 8 nitrogen and oxygen atoms in total. The summed E-state index contributed by atoms with van der Waals surface area (Å²) in [6.07, 6.45) is 0. The third-order valence-corrected chi connectivity index (χ3v) is 3.46. The maximum atomic E-state index is 12.4. The Kier molecular flexibility index (Phi) is 5.10. The molecule has 0 aliphatic rings. The first-order valence-corrected chi connectivity index (χ1v) is 7.09. The summed E-state index contributed by atoms with van der Waals surface area (Å²) in [7, 11) is 1.49. The predicted octanol–water partition coefficient (Wildman–Crippen LogP) is 3.43. The van der Waals surface area contributed by atoms with Gasteiger partial charge in [0, 0.05) is 30.7 Å². The van der Waals surface area contributed by atoms with Crippen LogP contribution < -0.4 is 0 Å². The molecule has 0 bridgehead atoms. The zero-order valence-electron chi connectivity index (χ0n) is 12.5. The first kappa shape index (κ1) is 17.4. The highest BCUT2D eigenvalue weighted by atomic mass is 35.5. The topological polar surface area (TPSA) is 107 Å². The van der Waals surface area contributed by atoms with Crippen molar-refractivity contribution in [3.8, 4) is 0 Å². The van der Waals surface area contributed by atoms with Crippen molar-refractivity contribution >= 4 is 28.9 Å². The van der Waals surface area contributed by atoms with E-state index < -0.39 is 27.1 Å². The SMILES string of the molecule is CN(Cc1cccc(Cl)c1)C(=O)c1cc([N+](=O)[O-])cc([N+](=O)[O-])c1. The molecule has 0 saturated heterocycles. The summed E-state index contributed by atoms with van der Waals surface area (Å²) in [5.74, 6) is -0.568. The highest BCUT2D eigenvalue weighted by Crippen LogP contribution is 2.24. The van der Waals surface area contributed by atoms with Crippen LogP contribution in [0.4, 0.5) is 11.4 Å². The monoisotopic (exact) mass is 349 g/mol. The number of hydrogen-bond donors (Lipinski definition) is 0. The summed E-state index contributed by atoms with van der Waals surface area (Å²) in [6, 6.07) is 9.72. The average Bonchev–Trinajstić information content (AvgIpc) is 2.53. The molecule has 9 heteroatoms. The lowest BCUT2D eigenvalue weighted by molar-refractivity contribution is -0.394. The van der Waals surface area contributed by atoms with E-state index in [1.54, 1.807) is 24.3 Å². The van der Waals surface area contributed by atoms with Crippen LogP contribution in [-0.4, -0.2) is 27.7 Å².